The van der Waals surface area contributed by atoms with Crippen LogP contribution in [0.4, 0.5) is 0 Å². The largest absolute Gasteiger partial charge is 0.478 e. The van der Waals surface area contributed by atoms with E-state index in [2.05, 4.69) is 5.10 Å². The van der Waals surface area contributed by atoms with E-state index < -0.39 is 11.6 Å². The first-order valence-electron chi connectivity index (χ1n) is 10.9. The number of carboxylic acids is 1. The third kappa shape index (κ3) is 5.18. The lowest BCUT2D eigenvalue weighted by atomic mass is 10.1. The fourth-order valence-electron chi connectivity index (χ4n) is 3.70. The van der Waals surface area contributed by atoms with Gasteiger partial charge < -0.3 is 9.84 Å². The van der Waals surface area contributed by atoms with Gasteiger partial charge in [-0.2, -0.15) is 5.10 Å². The Morgan fingerprint density at radius 3 is 2.62 bits per heavy atom. The highest BCUT2D eigenvalue weighted by Gasteiger charge is 2.29. The number of hydrogen-bond donors (Lipinski definition) is 1. The third-order valence-electron chi connectivity index (χ3n) is 5.74. The molecule has 0 bridgehead atoms. The lowest BCUT2D eigenvalue weighted by Crippen LogP contribution is -2.37. The van der Waals surface area contributed by atoms with E-state index in [-0.39, 0.29) is 5.69 Å². The van der Waals surface area contributed by atoms with Crippen LogP contribution in [0.2, 0.25) is 5.02 Å². The molecule has 0 saturated heterocycles. The SMILES string of the molecule is Cn1c(CCCc2ccc(OC(C)(C)C(=O)O)cc2)nn(Cc2csc3ccc(Cl)cc23)c1=O. The Morgan fingerprint density at radius 1 is 1.18 bits per heavy atom. The van der Waals surface area contributed by atoms with E-state index in [0.717, 1.165) is 39.9 Å². The Kier molecular flexibility index (Phi) is 6.81. The average Bonchev–Trinajstić information content (AvgIpc) is 3.30. The molecule has 4 rings (SSSR count). The van der Waals surface area contributed by atoms with Crippen LogP contribution in [-0.4, -0.2) is 31.0 Å². The van der Waals surface area contributed by atoms with E-state index in [1.165, 1.54) is 18.5 Å². The lowest BCUT2D eigenvalue weighted by Gasteiger charge is -2.21. The monoisotopic (exact) mass is 499 g/mol. The lowest BCUT2D eigenvalue weighted by molar-refractivity contribution is -0.152. The number of halogens is 1. The molecule has 1 N–H and O–H groups in total. The zero-order valence-electron chi connectivity index (χ0n) is 19.2. The van der Waals surface area contributed by atoms with E-state index in [1.54, 1.807) is 35.1 Å². The van der Waals surface area contributed by atoms with Gasteiger partial charge in [0.2, 0.25) is 0 Å². The smallest absolute Gasteiger partial charge is 0.347 e. The zero-order valence-corrected chi connectivity index (χ0v) is 20.8. The molecular formula is C25H26ClN3O4S. The van der Waals surface area contributed by atoms with Gasteiger partial charge >= 0.3 is 11.7 Å². The molecule has 0 aliphatic rings. The Hall–Kier alpha value is -3.10. The molecule has 2 aromatic heterocycles. The van der Waals surface area contributed by atoms with Gasteiger partial charge in [0.1, 0.15) is 11.6 Å². The van der Waals surface area contributed by atoms with Crippen molar-refractivity contribution in [3.05, 3.63) is 80.3 Å². The van der Waals surface area contributed by atoms with Gasteiger partial charge in [-0.1, -0.05) is 23.7 Å². The molecule has 4 aromatic rings. The Bertz CT molecular complexity index is 1390. The summed E-state index contributed by atoms with van der Waals surface area (Å²) < 4.78 is 9.79. The number of rotatable bonds is 9. The molecule has 0 spiro atoms. The highest BCUT2D eigenvalue weighted by atomic mass is 35.5. The minimum atomic E-state index is -1.29. The molecule has 0 amide bonds. The molecule has 2 aromatic carbocycles. The number of thiophene rings is 1. The van der Waals surface area contributed by atoms with Crippen LogP contribution < -0.4 is 10.4 Å². The van der Waals surface area contributed by atoms with E-state index in [9.17, 15) is 14.7 Å². The molecule has 0 saturated carbocycles. The van der Waals surface area contributed by atoms with Crippen LogP contribution in [-0.2, 0) is 31.2 Å². The number of carboxylic acid groups (broad SMARTS) is 1. The van der Waals surface area contributed by atoms with Gasteiger partial charge in [-0.3, -0.25) is 4.57 Å². The van der Waals surface area contributed by atoms with Gasteiger partial charge in [0.25, 0.3) is 0 Å². The number of nitrogens with zero attached hydrogens (tertiary/aromatic N) is 3. The molecule has 0 fully saturated rings. The Labute approximate surface area is 206 Å². The van der Waals surface area contributed by atoms with Crippen molar-refractivity contribution in [2.75, 3.05) is 0 Å². The van der Waals surface area contributed by atoms with E-state index in [1.807, 2.05) is 35.7 Å². The van der Waals surface area contributed by atoms with Crippen LogP contribution in [0.3, 0.4) is 0 Å². The predicted molar refractivity (Wildman–Crippen MR) is 134 cm³/mol. The van der Waals surface area contributed by atoms with E-state index in [4.69, 9.17) is 16.3 Å². The Balaban J connectivity index is 1.39. The summed E-state index contributed by atoms with van der Waals surface area (Å²) in [4.78, 5) is 24.0. The summed E-state index contributed by atoms with van der Waals surface area (Å²) in [5.74, 6) is 0.239. The summed E-state index contributed by atoms with van der Waals surface area (Å²) >= 11 is 7.78. The van der Waals surface area contributed by atoms with Crippen LogP contribution in [0.15, 0.2) is 52.6 Å². The summed E-state index contributed by atoms with van der Waals surface area (Å²) in [6, 6.07) is 13.2. The van der Waals surface area contributed by atoms with Crippen LogP contribution >= 0.6 is 22.9 Å². The summed E-state index contributed by atoms with van der Waals surface area (Å²) in [6.45, 7) is 3.44. The van der Waals surface area contributed by atoms with Crippen LogP contribution in [0.25, 0.3) is 10.1 Å². The number of aromatic nitrogens is 3. The van der Waals surface area contributed by atoms with Crippen LogP contribution in [0.1, 0.15) is 37.2 Å². The molecule has 0 aliphatic carbocycles. The van der Waals surface area contributed by atoms with Crippen molar-refractivity contribution in [3.8, 4) is 5.75 Å². The molecule has 9 heteroatoms. The summed E-state index contributed by atoms with van der Waals surface area (Å²) in [7, 11) is 1.75. The van der Waals surface area contributed by atoms with Gasteiger partial charge in [-0.25, -0.2) is 14.3 Å². The first-order valence-corrected chi connectivity index (χ1v) is 12.2. The second-order valence-corrected chi connectivity index (χ2v) is 10.1. The number of fused-ring (bicyclic) bond motifs is 1. The maximum atomic E-state index is 12.7. The van der Waals surface area contributed by atoms with Gasteiger partial charge in [-0.05, 0) is 78.9 Å². The van der Waals surface area contributed by atoms with E-state index >= 15 is 0 Å². The van der Waals surface area contributed by atoms with Gasteiger partial charge in [0.05, 0.1) is 6.54 Å². The second-order valence-electron chi connectivity index (χ2n) is 8.73. The maximum absolute atomic E-state index is 12.7. The number of ether oxygens (including phenoxy) is 1. The minimum absolute atomic E-state index is 0.140. The third-order valence-corrected chi connectivity index (χ3v) is 6.99. The molecule has 0 radical (unpaired) electrons. The number of benzene rings is 2. The predicted octanol–water partition coefficient (Wildman–Crippen LogP) is 4.92. The Morgan fingerprint density at radius 2 is 1.91 bits per heavy atom. The number of aryl methyl sites for hydroxylation is 2. The van der Waals surface area contributed by atoms with Crippen LogP contribution in [0, 0.1) is 0 Å². The minimum Gasteiger partial charge on any atom is -0.478 e. The normalized spacial score (nSPS) is 11.8. The first-order chi connectivity index (χ1) is 16.1. The van der Waals surface area contributed by atoms with Gasteiger partial charge in [-0.15, -0.1) is 11.3 Å². The van der Waals surface area contributed by atoms with Crippen molar-refractivity contribution < 1.29 is 14.6 Å². The maximum Gasteiger partial charge on any atom is 0.347 e. The molecule has 34 heavy (non-hydrogen) atoms. The first kappa shape index (κ1) is 24.0. The van der Waals surface area contributed by atoms with Crippen molar-refractivity contribution >= 4 is 39.0 Å². The van der Waals surface area contributed by atoms with Crippen LogP contribution in [0.5, 0.6) is 5.75 Å². The fourth-order valence-corrected chi connectivity index (χ4v) is 4.81. The topological polar surface area (TPSA) is 86.3 Å². The second kappa shape index (κ2) is 9.64. The fraction of sp³-hybridized carbons (Fsp3) is 0.320. The van der Waals surface area contributed by atoms with Crippen molar-refractivity contribution in [2.45, 2.75) is 45.3 Å². The zero-order chi connectivity index (χ0) is 24.5. The summed E-state index contributed by atoms with van der Waals surface area (Å²) in [6.07, 6.45) is 2.29. The molecule has 2 heterocycles. The van der Waals surface area contributed by atoms with Crippen molar-refractivity contribution in [2.24, 2.45) is 7.05 Å². The van der Waals surface area contributed by atoms with Crippen molar-refractivity contribution in [3.63, 3.8) is 0 Å². The molecule has 178 valence electrons. The molecule has 0 unspecified atom stereocenters. The molecule has 0 atom stereocenters. The van der Waals surface area contributed by atoms with Gasteiger partial charge in [0.15, 0.2) is 5.60 Å². The summed E-state index contributed by atoms with van der Waals surface area (Å²) in [5.41, 5.74) is 0.709. The van der Waals surface area contributed by atoms with Gasteiger partial charge in [0, 0.05) is 23.2 Å². The molecular weight excluding hydrogens is 474 g/mol. The molecule has 7 nitrogen and oxygen atoms in total. The highest BCUT2D eigenvalue weighted by molar-refractivity contribution is 7.17. The number of aliphatic carboxylic acids is 1. The summed E-state index contributed by atoms with van der Waals surface area (Å²) in [5, 5.41) is 17.5. The highest BCUT2D eigenvalue weighted by Crippen LogP contribution is 2.29. The quantitative estimate of drug-likeness (QED) is 0.353. The van der Waals surface area contributed by atoms with E-state index in [0.29, 0.717) is 23.7 Å². The number of hydrogen-bond acceptors (Lipinski definition) is 5. The van der Waals surface area contributed by atoms with Crippen molar-refractivity contribution in [1.29, 1.82) is 0 Å². The number of carbonyl (C=O) groups is 1. The van der Waals surface area contributed by atoms with Crippen molar-refractivity contribution in [1.82, 2.24) is 14.3 Å². The average molecular weight is 500 g/mol. The standard InChI is InChI=1S/C25H26ClN3O4S/c1-25(2,23(30)31)33-19-10-7-16(8-11-19)5-4-6-22-27-29(24(32)28(22)3)14-17-15-34-21-12-9-18(26)13-20(17)21/h7-13,15H,4-6,14H2,1-3H3,(H,30,31). The molecule has 0 aliphatic heterocycles.